The van der Waals surface area contributed by atoms with Crippen molar-refractivity contribution in [1.29, 1.82) is 0 Å². The van der Waals surface area contributed by atoms with Crippen LogP contribution in [0.3, 0.4) is 0 Å². The Morgan fingerprint density at radius 2 is 1.81 bits per heavy atom. The fourth-order valence-electron chi connectivity index (χ4n) is 4.96. The highest BCUT2D eigenvalue weighted by atomic mass is 16.5. The van der Waals surface area contributed by atoms with Gasteiger partial charge in [-0.05, 0) is 57.2 Å². The summed E-state index contributed by atoms with van der Waals surface area (Å²) in [4.78, 5) is 37.3. The van der Waals surface area contributed by atoms with E-state index >= 15 is 0 Å². The average molecular weight is 592 g/mol. The maximum Gasteiger partial charge on any atom is 0.341 e. The number of hydrogen-bond donors (Lipinski definition) is 3. The summed E-state index contributed by atoms with van der Waals surface area (Å²) >= 11 is 0. The summed E-state index contributed by atoms with van der Waals surface area (Å²) in [7, 11) is 5.68. The third kappa shape index (κ3) is 8.55. The molecule has 12 nitrogen and oxygen atoms in total. The SMILES string of the molecule is COCCc1nc2c(N)nc3ccccc3c2n1CCCNC(=O)N(CCCN(C)C)Cc1ccc(OCC(=O)O)cc1. The number of nitrogens with one attached hydrogen (secondary N) is 1. The number of urea groups is 1. The number of amides is 2. The number of aliphatic carboxylic acids is 1. The van der Waals surface area contributed by atoms with E-state index in [1.807, 2.05) is 50.5 Å². The number of anilines is 1. The van der Waals surface area contributed by atoms with Gasteiger partial charge in [0.2, 0.25) is 0 Å². The van der Waals surface area contributed by atoms with Gasteiger partial charge < -0.3 is 40.0 Å². The number of carboxylic acid groups (broad SMARTS) is 1. The third-order valence-corrected chi connectivity index (χ3v) is 7.03. The quantitative estimate of drug-likeness (QED) is 0.167. The molecular formula is C31H41N7O5. The minimum absolute atomic E-state index is 0.140. The Kier molecular flexibility index (Phi) is 11.1. The van der Waals surface area contributed by atoms with Gasteiger partial charge in [0, 0.05) is 45.1 Å². The molecule has 2 heterocycles. The molecule has 0 aliphatic heterocycles. The number of aryl methyl sites for hydroxylation is 1. The summed E-state index contributed by atoms with van der Waals surface area (Å²) in [5.41, 5.74) is 9.67. The zero-order chi connectivity index (χ0) is 30.8. The van der Waals surface area contributed by atoms with Gasteiger partial charge in [-0.2, -0.15) is 0 Å². The summed E-state index contributed by atoms with van der Waals surface area (Å²) in [6.07, 6.45) is 2.15. The minimum Gasteiger partial charge on any atom is -0.482 e. The third-order valence-electron chi connectivity index (χ3n) is 7.03. The van der Waals surface area contributed by atoms with E-state index in [9.17, 15) is 9.59 Å². The molecule has 0 atom stereocenters. The molecule has 4 rings (SSSR count). The first-order valence-electron chi connectivity index (χ1n) is 14.4. The second-order valence-electron chi connectivity index (χ2n) is 10.6. The lowest BCUT2D eigenvalue weighted by Crippen LogP contribution is -2.41. The van der Waals surface area contributed by atoms with Crippen molar-refractivity contribution in [2.45, 2.75) is 32.4 Å². The molecule has 0 saturated carbocycles. The van der Waals surface area contributed by atoms with Crippen LogP contribution in [-0.4, -0.2) is 95.5 Å². The number of nitrogens with zero attached hydrogens (tertiary/aromatic N) is 5. The molecule has 0 aliphatic rings. The number of benzene rings is 2. The van der Waals surface area contributed by atoms with Crippen molar-refractivity contribution in [2.75, 3.05) is 59.8 Å². The second-order valence-corrected chi connectivity index (χ2v) is 10.6. The van der Waals surface area contributed by atoms with Crippen molar-refractivity contribution < 1.29 is 24.2 Å². The summed E-state index contributed by atoms with van der Waals surface area (Å²) in [6, 6.07) is 14.9. The largest absolute Gasteiger partial charge is 0.482 e. The number of hydrogen-bond acceptors (Lipinski definition) is 8. The number of imidazole rings is 1. The maximum atomic E-state index is 13.3. The van der Waals surface area contributed by atoms with Crippen LogP contribution in [0, 0.1) is 0 Å². The molecule has 0 unspecified atom stereocenters. The van der Waals surface area contributed by atoms with Crippen LogP contribution < -0.4 is 15.8 Å². The van der Waals surface area contributed by atoms with Crippen molar-refractivity contribution in [2.24, 2.45) is 0 Å². The molecule has 0 radical (unpaired) electrons. The van der Waals surface area contributed by atoms with Gasteiger partial charge in [-0.1, -0.05) is 30.3 Å². The summed E-state index contributed by atoms with van der Waals surface area (Å²) in [5, 5.41) is 12.9. The van der Waals surface area contributed by atoms with E-state index < -0.39 is 12.6 Å². The second kappa shape index (κ2) is 15.2. The van der Waals surface area contributed by atoms with Crippen molar-refractivity contribution in [3.63, 3.8) is 0 Å². The molecule has 2 amide bonds. The topological polar surface area (TPSA) is 148 Å². The predicted molar refractivity (Wildman–Crippen MR) is 166 cm³/mol. The molecule has 43 heavy (non-hydrogen) atoms. The van der Waals surface area contributed by atoms with Crippen LogP contribution in [0.25, 0.3) is 21.9 Å². The average Bonchev–Trinajstić information content (AvgIpc) is 3.36. The highest BCUT2D eigenvalue weighted by Gasteiger charge is 2.18. The van der Waals surface area contributed by atoms with Crippen molar-refractivity contribution in [3.05, 3.63) is 59.9 Å². The first-order valence-corrected chi connectivity index (χ1v) is 14.4. The number of aromatic nitrogens is 3. The number of methoxy groups -OCH3 is 1. The van der Waals surface area contributed by atoms with Gasteiger partial charge >= 0.3 is 12.0 Å². The zero-order valence-corrected chi connectivity index (χ0v) is 25.1. The van der Waals surface area contributed by atoms with Crippen molar-refractivity contribution in [3.8, 4) is 5.75 Å². The molecule has 2 aromatic carbocycles. The molecule has 0 saturated heterocycles. The number of carbonyl (C=O) groups excluding carboxylic acids is 1. The van der Waals surface area contributed by atoms with Crippen LogP contribution in [0.2, 0.25) is 0 Å². The number of carboxylic acids is 1. The van der Waals surface area contributed by atoms with E-state index in [0.29, 0.717) is 62.7 Å². The lowest BCUT2D eigenvalue weighted by atomic mass is 10.2. The number of ether oxygens (including phenoxy) is 2. The number of fused-ring (bicyclic) bond motifs is 3. The Hall–Kier alpha value is -4.42. The normalized spacial score (nSPS) is 11.3. The first-order chi connectivity index (χ1) is 20.8. The Morgan fingerprint density at radius 3 is 2.53 bits per heavy atom. The fraction of sp³-hybridized carbons (Fsp3) is 0.419. The van der Waals surface area contributed by atoms with E-state index in [-0.39, 0.29) is 6.03 Å². The highest BCUT2D eigenvalue weighted by molar-refractivity contribution is 6.06. The van der Waals surface area contributed by atoms with Gasteiger partial charge in [-0.15, -0.1) is 0 Å². The predicted octanol–water partition coefficient (Wildman–Crippen LogP) is 3.37. The Morgan fingerprint density at radius 1 is 1.05 bits per heavy atom. The van der Waals surface area contributed by atoms with Crippen LogP contribution >= 0.6 is 0 Å². The van der Waals surface area contributed by atoms with E-state index in [1.54, 1.807) is 24.1 Å². The van der Waals surface area contributed by atoms with Crippen LogP contribution in [-0.2, 0) is 29.0 Å². The van der Waals surface area contributed by atoms with E-state index in [2.05, 4.69) is 19.8 Å². The minimum atomic E-state index is -1.03. The Labute approximate surface area is 251 Å². The van der Waals surface area contributed by atoms with E-state index in [1.165, 1.54) is 0 Å². The molecule has 230 valence electrons. The Balaban J connectivity index is 1.43. The lowest BCUT2D eigenvalue weighted by molar-refractivity contribution is -0.139. The molecule has 4 aromatic rings. The van der Waals surface area contributed by atoms with E-state index in [4.69, 9.17) is 25.3 Å². The maximum absolute atomic E-state index is 13.3. The van der Waals surface area contributed by atoms with Gasteiger partial charge in [0.1, 0.15) is 17.1 Å². The number of carbonyl (C=O) groups is 2. The number of pyridine rings is 1. The van der Waals surface area contributed by atoms with Crippen LogP contribution in [0.4, 0.5) is 10.6 Å². The monoisotopic (exact) mass is 591 g/mol. The molecule has 0 aliphatic carbocycles. The molecule has 0 spiro atoms. The summed E-state index contributed by atoms with van der Waals surface area (Å²) in [6.45, 7) is 3.11. The number of rotatable bonds is 16. The van der Waals surface area contributed by atoms with Crippen molar-refractivity contribution >= 4 is 39.8 Å². The molecule has 4 N–H and O–H groups in total. The van der Waals surface area contributed by atoms with Crippen molar-refractivity contribution in [1.82, 2.24) is 29.7 Å². The molecular weight excluding hydrogens is 550 g/mol. The smallest absolute Gasteiger partial charge is 0.341 e. The van der Waals surface area contributed by atoms with Gasteiger partial charge in [-0.25, -0.2) is 19.6 Å². The summed E-state index contributed by atoms with van der Waals surface area (Å²) in [5.74, 6) is 0.704. The van der Waals surface area contributed by atoms with Gasteiger partial charge in [0.05, 0.1) is 17.6 Å². The molecule has 0 bridgehead atoms. The number of nitrogen functional groups attached to an aromatic ring is 1. The Bertz CT molecular complexity index is 1520. The highest BCUT2D eigenvalue weighted by Crippen LogP contribution is 2.29. The van der Waals surface area contributed by atoms with Crippen LogP contribution in [0.15, 0.2) is 48.5 Å². The zero-order valence-electron chi connectivity index (χ0n) is 25.1. The lowest BCUT2D eigenvalue weighted by Gasteiger charge is -2.24. The van der Waals surface area contributed by atoms with Gasteiger partial charge in [-0.3, -0.25) is 0 Å². The van der Waals surface area contributed by atoms with Gasteiger partial charge in [0.25, 0.3) is 0 Å². The van der Waals surface area contributed by atoms with E-state index in [0.717, 1.165) is 40.8 Å². The molecule has 2 aromatic heterocycles. The molecule has 12 heteroatoms. The van der Waals surface area contributed by atoms with Crippen LogP contribution in [0.5, 0.6) is 5.75 Å². The number of nitrogens with two attached hydrogens (primary N) is 1. The van der Waals surface area contributed by atoms with Gasteiger partial charge in [0.15, 0.2) is 12.4 Å². The first kappa shape index (κ1) is 31.5. The fourth-order valence-corrected chi connectivity index (χ4v) is 4.96. The molecule has 0 fully saturated rings. The van der Waals surface area contributed by atoms with Crippen LogP contribution in [0.1, 0.15) is 24.2 Å². The standard InChI is InChI=1S/C31H41N7O5/c1-36(2)16-7-17-37(20-22-10-12-23(13-11-22)43-21-27(39)40)31(41)33-15-6-18-38-26(14-19-42-3)35-28-29(38)24-8-4-5-9-25(24)34-30(28)32/h4-5,8-13H,6-7,14-21H2,1-3H3,(H2,32,34)(H,33,41)(H,39,40). The summed E-state index contributed by atoms with van der Waals surface area (Å²) < 4.78 is 12.7. The number of para-hydroxylation sites is 1.